The molecule has 0 spiro atoms. The smallest absolute Gasteiger partial charge is 0.338 e. The van der Waals surface area contributed by atoms with Crippen LogP contribution < -0.4 is 5.32 Å². The van der Waals surface area contributed by atoms with Crippen molar-refractivity contribution in [1.29, 1.82) is 0 Å². The van der Waals surface area contributed by atoms with Gasteiger partial charge < -0.3 is 10.1 Å². The second-order valence-corrected chi connectivity index (χ2v) is 7.57. The van der Waals surface area contributed by atoms with E-state index in [4.69, 9.17) is 16.3 Å². The van der Waals surface area contributed by atoms with Crippen molar-refractivity contribution in [2.24, 2.45) is 0 Å². The van der Waals surface area contributed by atoms with Gasteiger partial charge >= 0.3 is 5.97 Å². The molecule has 0 saturated carbocycles. The topological polar surface area (TPSA) is 102 Å². The Hall–Kier alpha value is -2.46. The van der Waals surface area contributed by atoms with Crippen molar-refractivity contribution in [2.75, 3.05) is 26.1 Å². The number of hydrogen-bond donors (Lipinski definition) is 1. The molecule has 0 radical (unpaired) electrons. The number of rotatable bonds is 7. The first-order valence-corrected chi connectivity index (χ1v) is 9.42. The minimum Gasteiger partial charge on any atom is -0.452 e. The van der Waals surface area contributed by atoms with E-state index in [2.05, 4.69) is 10.2 Å². The zero-order chi connectivity index (χ0) is 20.0. The van der Waals surface area contributed by atoms with Gasteiger partial charge in [-0.2, -0.15) is 0 Å². The Kier molecular flexibility index (Phi) is 6.92. The number of sulfonamides is 1. The highest BCUT2D eigenvalue weighted by Gasteiger charge is 2.21. The van der Waals surface area contributed by atoms with E-state index in [1.54, 1.807) is 24.3 Å². The standard InChI is InChI=1S/C17H17ClN2O6S/c1-20(25-2)27(23,24)13-9-7-12(8-10-13)17(22)26-11-16(21)19-15-6-4-3-5-14(15)18/h3-10H,11H2,1-2H3,(H,19,21). The van der Waals surface area contributed by atoms with Gasteiger partial charge in [-0.25, -0.2) is 13.2 Å². The third-order valence-corrected chi connectivity index (χ3v) is 5.49. The minimum atomic E-state index is -3.81. The monoisotopic (exact) mass is 412 g/mol. The number of benzene rings is 2. The van der Waals surface area contributed by atoms with Crippen LogP contribution in [-0.4, -0.2) is 45.5 Å². The second-order valence-electron chi connectivity index (χ2n) is 5.23. The van der Waals surface area contributed by atoms with Gasteiger partial charge in [0, 0.05) is 7.05 Å². The third kappa shape index (κ3) is 5.27. The van der Waals surface area contributed by atoms with Crippen molar-refractivity contribution in [3.63, 3.8) is 0 Å². The molecule has 0 aliphatic rings. The van der Waals surface area contributed by atoms with Gasteiger partial charge in [-0.3, -0.25) is 9.63 Å². The van der Waals surface area contributed by atoms with E-state index in [0.717, 1.165) is 0 Å². The van der Waals surface area contributed by atoms with E-state index in [-0.39, 0.29) is 10.5 Å². The van der Waals surface area contributed by atoms with Crippen molar-refractivity contribution in [1.82, 2.24) is 4.47 Å². The zero-order valence-corrected chi connectivity index (χ0v) is 16.1. The lowest BCUT2D eigenvalue weighted by Crippen LogP contribution is -2.25. The van der Waals surface area contributed by atoms with Crippen molar-refractivity contribution < 1.29 is 27.6 Å². The van der Waals surface area contributed by atoms with E-state index >= 15 is 0 Å². The van der Waals surface area contributed by atoms with Gasteiger partial charge in [-0.1, -0.05) is 28.2 Å². The maximum atomic E-state index is 12.1. The van der Waals surface area contributed by atoms with E-state index in [1.807, 2.05) is 0 Å². The second kappa shape index (κ2) is 8.96. The summed E-state index contributed by atoms with van der Waals surface area (Å²) in [6, 6.07) is 11.7. The molecular formula is C17H17ClN2O6S. The van der Waals surface area contributed by atoms with Gasteiger partial charge in [-0.05, 0) is 36.4 Å². The highest BCUT2D eigenvalue weighted by Crippen LogP contribution is 2.20. The summed E-state index contributed by atoms with van der Waals surface area (Å²) in [5.74, 6) is -1.33. The summed E-state index contributed by atoms with van der Waals surface area (Å²) in [5.41, 5.74) is 0.497. The fraction of sp³-hybridized carbons (Fsp3) is 0.176. The van der Waals surface area contributed by atoms with Gasteiger partial charge in [0.05, 0.1) is 28.3 Å². The quantitative estimate of drug-likeness (QED) is 0.553. The average molecular weight is 413 g/mol. The SMILES string of the molecule is CON(C)S(=O)(=O)c1ccc(C(=O)OCC(=O)Nc2ccccc2Cl)cc1. The Bertz CT molecular complexity index is 931. The van der Waals surface area contributed by atoms with Gasteiger partial charge in [-0.15, -0.1) is 0 Å². The molecule has 0 aromatic heterocycles. The fourth-order valence-corrected chi connectivity index (χ4v) is 3.13. The number of halogens is 1. The minimum absolute atomic E-state index is 0.0557. The molecule has 144 valence electrons. The summed E-state index contributed by atoms with van der Waals surface area (Å²) in [7, 11) is -1.35. The lowest BCUT2D eigenvalue weighted by Gasteiger charge is -2.14. The summed E-state index contributed by atoms with van der Waals surface area (Å²) >= 11 is 5.93. The first-order valence-electron chi connectivity index (χ1n) is 7.60. The Morgan fingerprint density at radius 1 is 1.11 bits per heavy atom. The number of anilines is 1. The van der Waals surface area contributed by atoms with Gasteiger partial charge in [0.1, 0.15) is 0 Å². The summed E-state index contributed by atoms with van der Waals surface area (Å²) in [4.78, 5) is 28.5. The van der Waals surface area contributed by atoms with E-state index in [1.165, 1.54) is 38.4 Å². The molecule has 1 N–H and O–H groups in total. The molecule has 0 saturated heterocycles. The molecule has 0 aliphatic carbocycles. The van der Waals surface area contributed by atoms with E-state index in [0.29, 0.717) is 15.2 Å². The molecule has 0 atom stereocenters. The molecule has 2 aromatic rings. The molecule has 0 aliphatic heterocycles. The maximum Gasteiger partial charge on any atom is 0.338 e. The van der Waals surface area contributed by atoms with Crippen LogP contribution in [0.1, 0.15) is 10.4 Å². The molecule has 0 unspecified atom stereocenters. The Labute approximate surface area is 161 Å². The number of nitrogens with zero attached hydrogens (tertiary/aromatic N) is 1. The number of hydrogen-bond acceptors (Lipinski definition) is 6. The normalized spacial score (nSPS) is 11.3. The number of para-hydroxylation sites is 1. The Morgan fingerprint density at radius 3 is 2.33 bits per heavy atom. The number of nitrogens with one attached hydrogen (secondary N) is 1. The van der Waals surface area contributed by atoms with Crippen LogP contribution in [0.25, 0.3) is 0 Å². The van der Waals surface area contributed by atoms with E-state index in [9.17, 15) is 18.0 Å². The lowest BCUT2D eigenvalue weighted by molar-refractivity contribution is -0.119. The third-order valence-electron chi connectivity index (χ3n) is 3.47. The summed E-state index contributed by atoms with van der Waals surface area (Å²) < 4.78 is 29.8. The molecule has 0 bridgehead atoms. The van der Waals surface area contributed by atoms with Gasteiger partial charge in [0.15, 0.2) is 6.61 Å². The number of carbonyl (C=O) groups is 2. The molecule has 2 rings (SSSR count). The first kappa shape index (κ1) is 20.8. The first-order chi connectivity index (χ1) is 12.8. The number of carbonyl (C=O) groups excluding carboxylic acids is 2. The van der Waals surface area contributed by atoms with Crippen LogP contribution in [0, 0.1) is 0 Å². The maximum absolute atomic E-state index is 12.1. The zero-order valence-electron chi connectivity index (χ0n) is 14.5. The van der Waals surface area contributed by atoms with Crippen molar-refractivity contribution in [3.05, 3.63) is 59.1 Å². The van der Waals surface area contributed by atoms with Crippen LogP contribution in [0.15, 0.2) is 53.4 Å². The molecule has 8 nitrogen and oxygen atoms in total. The average Bonchev–Trinajstić information content (AvgIpc) is 2.67. The largest absolute Gasteiger partial charge is 0.452 e. The van der Waals surface area contributed by atoms with Crippen LogP contribution in [0.3, 0.4) is 0 Å². The highest BCUT2D eigenvalue weighted by atomic mass is 35.5. The summed E-state index contributed by atoms with van der Waals surface area (Å²) in [6.07, 6.45) is 0. The molecule has 10 heteroatoms. The molecule has 1 amide bonds. The number of esters is 1. The molecular weight excluding hydrogens is 396 g/mol. The van der Waals surface area contributed by atoms with Crippen molar-refractivity contribution in [2.45, 2.75) is 4.90 Å². The summed E-state index contributed by atoms with van der Waals surface area (Å²) in [6.45, 7) is -0.517. The molecule has 27 heavy (non-hydrogen) atoms. The van der Waals surface area contributed by atoms with Crippen LogP contribution >= 0.6 is 11.6 Å². The highest BCUT2D eigenvalue weighted by molar-refractivity contribution is 7.89. The van der Waals surface area contributed by atoms with Gasteiger partial charge in [0.2, 0.25) is 0 Å². The van der Waals surface area contributed by atoms with Crippen LogP contribution in [0.5, 0.6) is 0 Å². The van der Waals surface area contributed by atoms with Crippen LogP contribution in [0.2, 0.25) is 5.02 Å². The molecule has 0 heterocycles. The van der Waals surface area contributed by atoms with Crippen LogP contribution in [-0.2, 0) is 24.4 Å². The number of hydroxylamine groups is 1. The van der Waals surface area contributed by atoms with Crippen LogP contribution in [0.4, 0.5) is 5.69 Å². The fourth-order valence-electron chi connectivity index (χ4n) is 1.97. The number of amides is 1. The Morgan fingerprint density at radius 2 is 1.74 bits per heavy atom. The molecule has 0 fully saturated rings. The van der Waals surface area contributed by atoms with Gasteiger partial charge in [0.25, 0.3) is 15.9 Å². The number of ether oxygens (including phenoxy) is 1. The Balaban J connectivity index is 1.96. The van der Waals surface area contributed by atoms with Crippen molar-refractivity contribution in [3.8, 4) is 0 Å². The van der Waals surface area contributed by atoms with E-state index < -0.39 is 28.5 Å². The predicted octanol–water partition coefficient (Wildman–Crippen LogP) is 2.32. The summed E-state index contributed by atoms with van der Waals surface area (Å²) in [5, 5.41) is 2.87. The lowest BCUT2D eigenvalue weighted by atomic mass is 10.2. The predicted molar refractivity (Wildman–Crippen MR) is 98.8 cm³/mol. The van der Waals surface area contributed by atoms with Crippen molar-refractivity contribution >= 4 is 39.2 Å². The molecule has 2 aromatic carbocycles.